The lowest BCUT2D eigenvalue weighted by Gasteiger charge is -2.09. The molecule has 28 heavy (non-hydrogen) atoms. The smallest absolute Gasteiger partial charge is 0.252 e. The van der Waals surface area contributed by atoms with Crippen molar-refractivity contribution in [2.75, 3.05) is 0 Å². The zero-order valence-electron chi connectivity index (χ0n) is 15.6. The van der Waals surface area contributed by atoms with Gasteiger partial charge in [-0.25, -0.2) is 9.67 Å². The van der Waals surface area contributed by atoms with Crippen molar-refractivity contribution in [3.8, 4) is 5.69 Å². The predicted molar refractivity (Wildman–Crippen MR) is 105 cm³/mol. The van der Waals surface area contributed by atoms with Crippen molar-refractivity contribution in [3.63, 3.8) is 0 Å². The van der Waals surface area contributed by atoms with E-state index in [1.54, 1.807) is 6.26 Å². The van der Waals surface area contributed by atoms with E-state index in [0.29, 0.717) is 18.0 Å². The Labute approximate surface area is 162 Å². The van der Waals surface area contributed by atoms with Crippen LogP contribution in [0.3, 0.4) is 0 Å². The molecule has 0 radical (unpaired) electrons. The van der Waals surface area contributed by atoms with Gasteiger partial charge >= 0.3 is 0 Å². The molecular weight excluding hydrogens is 352 g/mol. The summed E-state index contributed by atoms with van der Waals surface area (Å²) in [6.45, 7) is 2.27. The highest BCUT2D eigenvalue weighted by molar-refractivity contribution is 6.06. The molecule has 0 saturated heterocycles. The summed E-state index contributed by atoms with van der Waals surface area (Å²) >= 11 is 0. The van der Waals surface area contributed by atoms with E-state index in [1.165, 1.54) is 0 Å². The number of para-hydroxylation sites is 1. The molecule has 140 valence electrons. The number of amides is 1. The van der Waals surface area contributed by atoms with E-state index in [2.05, 4.69) is 10.4 Å². The average Bonchev–Trinajstić information content (AvgIpc) is 3.34. The highest BCUT2D eigenvalue weighted by Crippen LogP contribution is 2.40. The van der Waals surface area contributed by atoms with Gasteiger partial charge in [0.25, 0.3) is 5.91 Å². The van der Waals surface area contributed by atoms with E-state index in [9.17, 15) is 4.79 Å². The summed E-state index contributed by atoms with van der Waals surface area (Å²) in [4.78, 5) is 17.9. The fraction of sp³-hybridized carbons (Fsp3) is 0.227. The van der Waals surface area contributed by atoms with Crippen LogP contribution in [0.5, 0.6) is 0 Å². The van der Waals surface area contributed by atoms with Crippen LogP contribution in [0.1, 0.15) is 46.3 Å². The number of aromatic nitrogens is 3. The van der Waals surface area contributed by atoms with Gasteiger partial charge in [0.05, 0.1) is 35.1 Å². The summed E-state index contributed by atoms with van der Waals surface area (Å²) in [7, 11) is 0. The van der Waals surface area contributed by atoms with Gasteiger partial charge in [0.2, 0.25) is 0 Å². The zero-order chi connectivity index (χ0) is 19.1. The van der Waals surface area contributed by atoms with Crippen LogP contribution in [0.2, 0.25) is 0 Å². The van der Waals surface area contributed by atoms with Gasteiger partial charge in [0.15, 0.2) is 5.65 Å². The lowest BCUT2D eigenvalue weighted by atomic mass is 10.1. The van der Waals surface area contributed by atoms with Crippen LogP contribution in [-0.2, 0) is 6.54 Å². The molecule has 1 N–H and O–H groups in total. The minimum absolute atomic E-state index is 0.138. The second-order valence-corrected chi connectivity index (χ2v) is 7.16. The van der Waals surface area contributed by atoms with Crippen LogP contribution >= 0.6 is 0 Å². The Morgan fingerprint density at radius 1 is 1.21 bits per heavy atom. The van der Waals surface area contributed by atoms with Crippen LogP contribution in [0.15, 0.2) is 59.2 Å². The third-order valence-electron chi connectivity index (χ3n) is 5.08. The SMILES string of the molecule is Cc1nn(-c2ccccc2)c2nc(C3CC3)cc(C(=O)NCc3ccco3)c12. The predicted octanol–water partition coefficient (Wildman–Crippen LogP) is 4.13. The first-order chi connectivity index (χ1) is 13.7. The number of carbonyl (C=O) groups excluding carboxylic acids is 1. The molecule has 3 aromatic heterocycles. The van der Waals surface area contributed by atoms with E-state index < -0.39 is 0 Å². The number of furan rings is 1. The maximum Gasteiger partial charge on any atom is 0.252 e. The first-order valence-electron chi connectivity index (χ1n) is 9.47. The number of hydrogen-bond donors (Lipinski definition) is 1. The van der Waals surface area contributed by atoms with Gasteiger partial charge in [-0.05, 0) is 50.1 Å². The Balaban J connectivity index is 1.61. The molecule has 1 aliphatic rings. The van der Waals surface area contributed by atoms with Gasteiger partial charge in [-0.15, -0.1) is 0 Å². The highest BCUT2D eigenvalue weighted by Gasteiger charge is 2.29. The first kappa shape index (κ1) is 16.7. The lowest BCUT2D eigenvalue weighted by molar-refractivity contribution is 0.0949. The van der Waals surface area contributed by atoms with E-state index in [1.807, 2.05) is 60.1 Å². The molecule has 5 rings (SSSR count). The number of benzene rings is 1. The summed E-state index contributed by atoms with van der Waals surface area (Å²) in [5.74, 6) is 1.01. The largest absolute Gasteiger partial charge is 0.467 e. The van der Waals surface area contributed by atoms with Gasteiger partial charge in [-0.2, -0.15) is 5.10 Å². The molecule has 1 aromatic carbocycles. The quantitative estimate of drug-likeness (QED) is 0.572. The van der Waals surface area contributed by atoms with Gasteiger partial charge in [-0.3, -0.25) is 4.79 Å². The molecular formula is C22H20N4O2. The number of hydrogen-bond acceptors (Lipinski definition) is 4. The molecule has 1 fully saturated rings. The number of nitrogens with one attached hydrogen (secondary N) is 1. The van der Waals surface area contributed by atoms with Crippen molar-refractivity contribution >= 4 is 16.9 Å². The van der Waals surface area contributed by atoms with E-state index in [4.69, 9.17) is 9.40 Å². The monoisotopic (exact) mass is 372 g/mol. The third kappa shape index (κ3) is 2.97. The Kier molecular flexibility index (Phi) is 3.97. The second kappa shape index (κ2) is 6.64. The standard InChI is InChI=1S/C22H20N4O2/c1-14-20-18(22(27)23-13-17-8-5-11-28-17)12-19(15-9-10-15)24-21(20)26(25-14)16-6-3-2-4-7-16/h2-8,11-12,15H,9-10,13H2,1H3,(H,23,27). The molecule has 0 aliphatic heterocycles. The van der Waals surface area contributed by atoms with Crippen molar-refractivity contribution in [1.82, 2.24) is 20.1 Å². The second-order valence-electron chi connectivity index (χ2n) is 7.16. The number of fused-ring (bicyclic) bond motifs is 1. The van der Waals surface area contributed by atoms with Gasteiger partial charge in [0.1, 0.15) is 5.76 Å². The maximum atomic E-state index is 13.0. The number of aryl methyl sites for hydroxylation is 1. The number of nitrogens with zero attached hydrogens (tertiary/aromatic N) is 3. The summed E-state index contributed by atoms with van der Waals surface area (Å²) in [6.07, 6.45) is 3.83. The van der Waals surface area contributed by atoms with Crippen LogP contribution in [0, 0.1) is 6.92 Å². The van der Waals surface area contributed by atoms with E-state index in [-0.39, 0.29) is 5.91 Å². The molecule has 0 unspecified atom stereocenters. The third-order valence-corrected chi connectivity index (χ3v) is 5.08. The van der Waals surface area contributed by atoms with E-state index in [0.717, 1.165) is 46.7 Å². The highest BCUT2D eigenvalue weighted by atomic mass is 16.3. The molecule has 1 amide bonds. The minimum atomic E-state index is -0.138. The number of pyridine rings is 1. The Morgan fingerprint density at radius 2 is 2.04 bits per heavy atom. The van der Waals surface area contributed by atoms with Crippen molar-refractivity contribution in [2.45, 2.75) is 32.2 Å². The van der Waals surface area contributed by atoms with Crippen molar-refractivity contribution in [1.29, 1.82) is 0 Å². The summed E-state index contributed by atoms with van der Waals surface area (Å²) < 4.78 is 7.15. The first-order valence-corrected chi connectivity index (χ1v) is 9.47. The van der Waals surface area contributed by atoms with Crippen LogP contribution in [-0.4, -0.2) is 20.7 Å². The van der Waals surface area contributed by atoms with Crippen LogP contribution in [0.4, 0.5) is 0 Å². The summed E-state index contributed by atoms with van der Waals surface area (Å²) in [5, 5.41) is 8.44. The van der Waals surface area contributed by atoms with Gasteiger partial charge < -0.3 is 9.73 Å². The topological polar surface area (TPSA) is 73.0 Å². The van der Waals surface area contributed by atoms with Crippen LogP contribution < -0.4 is 5.32 Å². The molecule has 4 aromatic rings. The van der Waals surface area contributed by atoms with E-state index >= 15 is 0 Å². The molecule has 1 saturated carbocycles. The van der Waals surface area contributed by atoms with Crippen molar-refractivity contribution < 1.29 is 9.21 Å². The minimum Gasteiger partial charge on any atom is -0.467 e. The zero-order valence-corrected chi connectivity index (χ0v) is 15.6. The van der Waals surface area contributed by atoms with Gasteiger partial charge in [-0.1, -0.05) is 18.2 Å². The van der Waals surface area contributed by atoms with Crippen molar-refractivity contribution in [2.24, 2.45) is 0 Å². The molecule has 0 atom stereocenters. The maximum absolute atomic E-state index is 13.0. The Bertz CT molecular complexity index is 1140. The molecule has 1 aliphatic carbocycles. The van der Waals surface area contributed by atoms with Gasteiger partial charge in [0, 0.05) is 11.6 Å². The molecule has 0 spiro atoms. The molecule has 6 heteroatoms. The van der Waals surface area contributed by atoms with Crippen LogP contribution in [0.25, 0.3) is 16.7 Å². The lowest BCUT2D eigenvalue weighted by Crippen LogP contribution is -2.23. The number of rotatable bonds is 5. The normalized spacial score (nSPS) is 13.8. The molecule has 6 nitrogen and oxygen atoms in total. The summed E-state index contributed by atoms with van der Waals surface area (Å²) in [5.41, 5.74) is 4.04. The Hall–Kier alpha value is -3.41. The average molecular weight is 372 g/mol. The van der Waals surface area contributed by atoms with Crippen molar-refractivity contribution in [3.05, 3.63) is 77.5 Å². The summed E-state index contributed by atoms with van der Waals surface area (Å²) in [6, 6.07) is 15.5. The fourth-order valence-corrected chi connectivity index (χ4v) is 3.50. The fourth-order valence-electron chi connectivity index (χ4n) is 3.50. The molecule has 3 heterocycles. The molecule has 0 bridgehead atoms. The Morgan fingerprint density at radius 3 is 2.75 bits per heavy atom. The number of carbonyl (C=O) groups is 1.